The summed E-state index contributed by atoms with van der Waals surface area (Å²) in [7, 11) is 0. The highest BCUT2D eigenvalue weighted by Crippen LogP contribution is 2.41. The van der Waals surface area contributed by atoms with Gasteiger partial charge in [-0.15, -0.1) is 6.42 Å². The lowest BCUT2D eigenvalue weighted by atomic mass is 9.95. The molecule has 13 heteroatoms. The Labute approximate surface area is 307 Å². The molecule has 4 saturated heterocycles. The Morgan fingerprint density at radius 1 is 1.13 bits per heavy atom. The summed E-state index contributed by atoms with van der Waals surface area (Å²) >= 11 is 0. The van der Waals surface area contributed by atoms with E-state index in [4.69, 9.17) is 20.9 Å². The molecule has 0 saturated carbocycles. The number of nitrogens with one attached hydrogen (secondary N) is 1. The molecule has 4 aliphatic rings. The van der Waals surface area contributed by atoms with E-state index in [0.717, 1.165) is 51.6 Å². The molecule has 6 heterocycles. The summed E-state index contributed by atoms with van der Waals surface area (Å²) in [6.45, 7) is 9.63. The lowest BCUT2D eigenvalue weighted by Crippen LogP contribution is -2.49. The number of ether oxygens (including phenoxy) is 2. The highest BCUT2D eigenvalue weighted by Gasteiger charge is 2.45. The van der Waals surface area contributed by atoms with E-state index in [9.17, 15) is 14.3 Å². The number of terminal acetylenes is 1. The third-order valence-electron chi connectivity index (χ3n) is 11.5. The zero-order valence-corrected chi connectivity index (χ0v) is 29.6. The average molecular weight is 724 g/mol. The molecule has 4 fully saturated rings. The number of hydrogen-bond acceptors (Lipinski definition) is 10. The maximum Gasteiger partial charge on any atom is 0.319 e. The minimum atomic E-state index is -0.785. The van der Waals surface area contributed by atoms with Gasteiger partial charge in [0, 0.05) is 62.6 Å². The van der Waals surface area contributed by atoms with Crippen LogP contribution < -0.4 is 15.0 Å². The third-order valence-corrected chi connectivity index (χ3v) is 11.5. The Morgan fingerprint density at radius 3 is 2.68 bits per heavy atom. The molecule has 0 spiro atoms. The highest BCUT2D eigenvalue weighted by atomic mass is 19.1. The van der Waals surface area contributed by atoms with Gasteiger partial charge >= 0.3 is 6.01 Å². The zero-order chi connectivity index (χ0) is 36.7. The van der Waals surface area contributed by atoms with Crippen LogP contribution in [-0.2, 0) is 9.53 Å². The number of nitrogens with zero attached hydrogens (tertiary/aromatic N) is 6. The summed E-state index contributed by atoms with van der Waals surface area (Å²) in [5.41, 5.74) is -0.215. The van der Waals surface area contributed by atoms with E-state index in [2.05, 4.69) is 37.6 Å². The van der Waals surface area contributed by atoms with Crippen molar-refractivity contribution in [1.82, 2.24) is 30.1 Å². The first-order valence-corrected chi connectivity index (χ1v) is 18.4. The van der Waals surface area contributed by atoms with Crippen molar-refractivity contribution in [3.8, 4) is 35.4 Å². The number of fused-ring (bicyclic) bond motifs is 3. The summed E-state index contributed by atoms with van der Waals surface area (Å²) in [4.78, 5) is 33.7. The first-order chi connectivity index (χ1) is 25.8. The molecule has 8 rings (SSSR count). The van der Waals surface area contributed by atoms with Gasteiger partial charge in [0.15, 0.2) is 5.82 Å². The molecule has 0 radical (unpaired) electrons. The van der Waals surface area contributed by atoms with Gasteiger partial charge in [0.2, 0.25) is 5.91 Å². The van der Waals surface area contributed by atoms with E-state index in [1.165, 1.54) is 36.5 Å². The fourth-order valence-electron chi connectivity index (χ4n) is 8.89. The number of rotatable bonds is 8. The number of amides is 1. The van der Waals surface area contributed by atoms with Crippen LogP contribution in [0.25, 0.3) is 32.9 Å². The molecular weight excluding hydrogens is 680 g/mol. The predicted molar refractivity (Wildman–Crippen MR) is 198 cm³/mol. The van der Waals surface area contributed by atoms with Crippen LogP contribution in [0.4, 0.5) is 14.6 Å². The van der Waals surface area contributed by atoms with E-state index in [1.807, 2.05) is 4.90 Å². The van der Waals surface area contributed by atoms with Crippen molar-refractivity contribution in [3.05, 3.63) is 60.3 Å². The largest absolute Gasteiger partial charge is 0.508 e. The number of aromatic hydroxyl groups is 1. The van der Waals surface area contributed by atoms with E-state index >= 15 is 4.39 Å². The van der Waals surface area contributed by atoms with Gasteiger partial charge in [-0.25, -0.2) is 8.78 Å². The fourth-order valence-corrected chi connectivity index (χ4v) is 8.89. The van der Waals surface area contributed by atoms with Gasteiger partial charge in [0.1, 0.15) is 35.2 Å². The molecule has 4 aromatic rings. The summed E-state index contributed by atoms with van der Waals surface area (Å²) in [6, 6.07) is 5.52. The lowest BCUT2D eigenvalue weighted by molar-refractivity contribution is -0.117. The fraction of sp³-hybridized carbons (Fsp3) is 0.450. The maximum absolute atomic E-state index is 17.2. The summed E-state index contributed by atoms with van der Waals surface area (Å²) in [5, 5.41) is 14.8. The maximum atomic E-state index is 17.2. The number of hydrogen-bond donors (Lipinski definition) is 2. The van der Waals surface area contributed by atoms with E-state index in [0.29, 0.717) is 68.6 Å². The number of anilines is 1. The van der Waals surface area contributed by atoms with Crippen LogP contribution in [0.1, 0.15) is 44.1 Å². The smallest absolute Gasteiger partial charge is 0.319 e. The number of carbonyl (C=O) groups is 1. The van der Waals surface area contributed by atoms with E-state index < -0.39 is 11.6 Å². The predicted octanol–water partition coefficient (Wildman–Crippen LogP) is 4.79. The number of carbonyl (C=O) groups excluding carboxylic acids is 1. The Balaban J connectivity index is 1.25. The second kappa shape index (κ2) is 14.5. The molecule has 2 N–H and O–H groups in total. The molecule has 0 unspecified atom stereocenters. The molecule has 0 bridgehead atoms. The van der Waals surface area contributed by atoms with Crippen molar-refractivity contribution < 1.29 is 28.2 Å². The topological polar surface area (TPSA) is 116 Å². The second-order valence-electron chi connectivity index (χ2n) is 14.6. The molecule has 2 aromatic heterocycles. The Kier molecular flexibility index (Phi) is 9.61. The SMILES string of the molecule is C#Cc1c(F)ccc2cc(O)cc(-c3ncc4c(N5CCN(C6CCOCC6)C[C@H](NC(=O)C=C)C5)nc(OCC56CCCN5CCC6)nc4c3F)c12. The van der Waals surface area contributed by atoms with Crippen LogP contribution in [0.15, 0.2) is 43.1 Å². The van der Waals surface area contributed by atoms with Crippen molar-refractivity contribution >= 4 is 33.4 Å². The summed E-state index contributed by atoms with van der Waals surface area (Å²) in [6.07, 6.45) is 14.5. The summed E-state index contributed by atoms with van der Waals surface area (Å²) in [5.74, 6) is 0.956. The zero-order valence-electron chi connectivity index (χ0n) is 29.6. The molecule has 276 valence electrons. The second-order valence-corrected chi connectivity index (χ2v) is 14.6. The molecule has 1 atom stereocenters. The van der Waals surface area contributed by atoms with Gasteiger partial charge in [-0.1, -0.05) is 18.6 Å². The van der Waals surface area contributed by atoms with Crippen molar-refractivity contribution in [3.63, 3.8) is 0 Å². The van der Waals surface area contributed by atoms with Gasteiger partial charge < -0.3 is 24.8 Å². The average Bonchev–Trinajstić information content (AvgIpc) is 3.69. The van der Waals surface area contributed by atoms with Gasteiger partial charge in [-0.2, -0.15) is 9.97 Å². The monoisotopic (exact) mass is 723 g/mol. The van der Waals surface area contributed by atoms with Crippen LogP contribution in [0.5, 0.6) is 11.8 Å². The Bertz CT molecular complexity index is 2110. The molecule has 1 amide bonds. The number of aromatic nitrogens is 3. The first-order valence-electron chi connectivity index (χ1n) is 18.4. The van der Waals surface area contributed by atoms with Gasteiger partial charge in [-0.05, 0) is 81.3 Å². The highest BCUT2D eigenvalue weighted by molar-refractivity contribution is 6.03. The first kappa shape index (κ1) is 35.1. The lowest BCUT2D eigenvalue weighted by Gasteiger charge is -2.34. The van der Waals surface area contributed by atoms with Crippen LogP contribution in [0.3, 0.4) is 0 Å². The number of benzene rings is 2. The van der Waals surface area contributed by atoms with Gasteiger partial charge in [-0.3, -0.25) is 19.6 Å². The van der Waals surface area contributed by atoms with E-state index in [1.54, 1.807) is 0 Å². The van der Waals surface area contributed by atoms with Gasteiger partial charge in [0.05, 0.1) is 22.5 Å². The van der Waals surface area contributed by atoms with Crippen LogP contribution in [0.2, 0.25) is 0 Å². The Hall–Kier alpha value is -4.90. The normalized spacial score (nSPS) is 21.0. The molecule has 0 aliphatic carbocycles. The number of phenolic OH excluding ortho intramolecular Hbond substituents is 1. The third kappa shape index (κ3) is 6.64. The van der Waals surface area contributed by atoms with Crippen LogP contribution in [0, 0.1) is 24.0 Å². The minimum absolute atomic E-state index is 0.0324. The number of phenols is 1. The number of pyridine rings is 1. The molecule has 2 aromatic carbocycles. The quantitative estimate of drug-likeness (QED) is 0.194. The van der Waals surface area contributed by atoms with Crippen LogP contribution >= 0.6 is 0 Å². The molecular formula is C40H43F2N7O4. The Morgan fingerprint density at radius 2 is 1.92 bits per heavy atom. The molecule has 4 aliphatic heterocycles. The number of halogens is 2. The van der Waals surface area contributed by atoms with E-state index in [-0.39, 0.29) is 57.0 Å². The van der Waals surface area contributed by atoms with Crippen molar-refractivity contribution in [2.45, 2.75) is 56.1 Å². The van der Waals surface area contributed by atoms with Crippen molar-refractivity contribution in [2.75, 3.05) is 64.0 Å². The van der Waals surface area contributed by atoms with Crippen LogP contribution in [-0.4, -0.2) is 112 Å². The summed E-state index contributed by atoms with van der Waals surface area (Å²) < 4.78 is 44.2. The molecule has 11 nitrogen and oxygen atoms in total. The van der Waals surface area contributed by atoms with Gasteiger partial charge in [0.25, 0.3) is 0 Å². The standard InChI is InChI=1S/C40H43F2N7O4/c1-3-29-32(41)8-7-25-19-28(50)20-30(34(25)29)36-35(42)37-31(21-43-36)38(46-39(45-37)53-24-40-11-5-13-49(40)14-6-12-40)48-16-15-47(27-9-17-52-18-10-27)22-26(23-48)44-33(51)4-2/h1,4,7-8,19-21,26-27,50H,2,5-6,9-18,22-24H2,(H,44,51)/t26-/m0/s1. The minimum Gasteiger partial charge on any atom is -0.508 e. The molecule has 53 heavy (non-hydrogen) atoms. The van der Waals surface area contributed by atoms with Crippen molar-refractivity contribution in [2.24, 2.45) is 0 Å². The van der Waals surface area contributed by atoms with Crippen molar-refractivity contribution in [1.29, 1.82) is 0 Å².